The average Bonchev–Trinajstić information content (AvgIpc) is 2.87. The smallest absolute Gasteiger partial charge is 0.324 e. The normalized spacial score (nSPS) is 29.4. The molecule has 2 fully saturated rings. The zero-order valence-electron chi connectivity index (χ0n) is 12.5. The Hall–Kier alpha value is -2.14. The van der Waals surface area contributed by atoms with Crippen molar-refractivity contribution in [2.75, 3.05) is 13.7 Å². The lowest BCUT2D eigenvalue weighted by Gasteiger charge is -2.17. The maximum Gasteiger partial charge on any atom is 0.324 e. The molecule has 1 aliphatic carbocycles. The molecule has 2 aliphatic rings. The number of esters is 1. The topological polar surface area (TPSA) is 57.5 Å². The van der Waals surface area contributed by atoms with Crippen molar-refractivity contribution in [2.45, 2.75) is 19.4 Å². The van der Waals surface area contributed by atoms with Gasteiger partial charge in [-0.1, -0.05) is 18.2 Å². The number of rotatable bonds is 2. The van der Waals surface area contributed by atoms with E-state index in [0.717, 1.165) is 22.9 Å². The molecule has 1 saturated carbocycles. The van der Waals surface area contributed by atoms with Gasteiger partial charge in [-0.15, -0.1) is 0 Å². The van der Waals surface area contributed by atoms with Crippen molar-refractivity contribution in [3.05, 3.63) is 36.0 Å². The van der Waals surface area contributed by atoms with Crippen LogP contribution in [0.15, 0.2) is 30.5 Å². The molecular formula is C17H17NO4. The molecule has 0 spiro atoms. The predicted octanol–water partition coefficient (Wildman–Crippen LogP) is 2.17. The van der Waals surface area contributed by atoms with Gasteiger partial charge in [0, 0.05) is 24.1 Å². The first-order chi connectivity index (χ1) is 10.6. The van der Waals surface area contributed by atoms with Crippen LogP contribution in [0.5, 0.6) is 0 Å². The molecule has 4 rings (SSSR count). The van der Waals surface area contributed by atoms with E-state index >= 15 is 0 Å². The number of ether oxygens (including phenoxy) is 2. The van der Waals surface area contributed by atoms with Crippen LogP contribution in [0.25, 0.3) is 10.9 Å². The number of hydrogen-bond donors (Lipinski definition) is 0. The molecule has 0 N–H and O–H groups in total. The first kappa shape index (κ1) is 13.5. The Bertz CT molecular complexity index is 781. The molecule has 5 heteroatoms. The highest BCUT2D eigenvalue weighted by molar-refractivity contribution is 6.11. The Labute approximate surface area is 127 Å². The van der Waals surface area contributed by atoms with Crippen molar-refractivity contribution in [1.29, 1.82) is 0 Å². The van der Waals surface area contributed by atoms with E-state index < -0.39 is 11.4 Å². The summed E-state index contributed by atoms with van der Waals surface area (Å²) in [7, 11) is 1.32. The van der Waals surface area contributed by atoms with Crippen molar-refractivity contribution in [3.8, 4) is 0 Å². The minimum absolute atomic E-state index is 0.0612. The second kappa shape index (κ2) is 4.43. The van der Waals surface area contributed by atoms with Crippen LogP contribution in [0.1, 0.15) is 16.8 Å². The zero-order valence-corrected chi connectivity index (χ0v) is 12.5. The van der Waals surface area contributed by atoms with Crippen LogP contribution < -0.4 is 0 Å². The summed E-state index contributed by atoms with van der Waals surface area (Å²) in [5, 5.41) is 1.02. The summed E-state index contributed by atoms with van der Waals surface area (Å²) >= 11 is 0. The minimum atomic E-state index is -1.17. The van der Waals surface area contributed by atoms with Gasteiger partial charge in [0.25, 0.3) is 5.91 Å². The van der Waals surface area contributed by atoms with Crippen molar-refractivity contribution in [2.24, 2.45) is 11.3 Å². The van der Waals surface area contributed by atoms with Gasteiger partial charge in [-0.05, 0) is 25.0 Å². The average molecular weight is 299 g/mol. The van der Waals surface area contributed by atoms with Gasteiger partial charge in [0.2, 0.25) is 0 Å². The van der Waals surface area contributed by atoms with Gasteiger partial charge in [0.15, 0.2) is 5.41 Å². The van der Waals surface area contributed by atoms with Crippen molar-refractivity contribution in [1.82, 2.24) is 4.57 Å². The van der Waals surface area contributed by atoms with Gasteiger partial charge in [-0.2, -0.15) is 0 Å². The van der Waals surface area contributed by atoms with Gasteiger partial charge >= 0.3 is 5.97 Å². The summed E-state index contributed by atoms with van der Waals surface area (Å²) in [5.41, 5.74) is 0.662. The summed E-state index contributed by atoms with van der Waals surface area (Å²) in [6.45, 7) is 2.56. The number of nitrogens with zero attached hydrogens (tertiary/aromatic N) is 1. The third-order valence-corrected chi connectivity index (χ3v) is 5.02. The van der Waals surface area contributed by atoms with E-state index in [1.807, 2.05) is 31.2 Å². The van der Waals surface area contributed by atoms with Crippen LogP contribution in [0.4, 0.5) is 0 Å². The number of aromatic nitrogens is 1. The number of aryl methyl sites for hydroxylation is 1. The Kier molecular flexibility index (Phi) is 2.72. The molecule has 1 aliphatic heterocycles. The lowest BCUT2D eigenvalue weighted by Crippen LogP contribution is -2.37. The molecule has 22 heavy (non-hydrogen) atoms. The molecule has 3 unspecified atom stereocenters. The standard InChI is InChI=1S/C17H17NO4/c1-10-9-18(13-6-4-3-5-11(10)13)15(19)17(16(20)21-2)12-7-8-22-14(12)17/h3-6,9,12,14H,7-8H2,1-2H3. The zero-order chi connectivity index (χ0) is 15.5. The van der Waals surface area contributed by atoms with E-state index in [0.29, 0.717) is 6.61 Å². The van der Waals surface area contributed by atoms with Crippen LogP contribution in [0, 0.1) is 18.3 Å². The van der Waals surface area contributed by atoms with Gasteiger partial charge in [-0.25, -0.2) is 0 Å². The number of methoxy groups -OCH3 is 1. The quantitative estimate of drug-likeness (QED) is 0.630. The highest BCUT2D eigenvalue weighted by Gasteiger charge is 2.78. The van der Waals surface area contributed by atoms with Crippen molar-refractivity contribution < 1.29 is 19.1 Å². The fourth-order valence-corrected chi connectivity index (χ4v) is 3.89. The SMILES string of the molecule is COC(=O)C1(C(=O)n2cc(C)c3ccccc32)C2CCOC21. The Balaban J connectivity index is 1.84. The lowest BCUT2D eigenvalue weighted by molar-refractivity contribution is -0.147. The molecule has 0 bridgehead atoms. The number of benzene rings is 1. The molecule has 0 amide bonds. The van der Waals surface area contributed by atoms with Gasteiger partial charge in [0.05, 0.1) is 18.7 Å². The third kappa shape index (κ3) is 1.47. The van der Waals surface area contributed by atoms with Crippen LogP contribution >= 0.6 is 0 Å². The second-order valence-corrected chi connectivity index (χ2v) is 6.05. The maximum atomic E-state index is 13.2. The summed E-state index contributed by atoms with van der Waals surface area (Å²) < 4.78 is 12.1. The van der Waals surface area contributed by atoms with Gasteiger partial charge in [0.1, 0.15) is 0 Å². The molecule has 0 radical (unpaired) electrons. The number of carbonyl (C=O) groups is 2. The van der Waals surface area contributed by atoms with E-state index in [-0.39, 0.29) is 17.9 Å². The van der Waals surface area contributed by atoms with Crippen molar-refractivity contribution >= 4 is 22.8 Å². The van der Waals surface area contributed by atoms with Crippen LogP contribution in [0.2, 0.25) is 0 Å². The second-order valence-electron chi connectivity index (χ2n) is 6.05. The van der Waals surface area contributed by atoms with Gasteiger partial charge in [-0.3, -0.25) is 14.2 Å². The molecule has 2 heterocycles. The number of para-hydroxylation sites is 1. The molecule has 2 aromatic rings. The van der Waals surface area contributed by atoms with E-state index in [4.69, 9.17) is 9.47 Å². The molecule has 1 aromatic heterocycles. The summed E-state index contributed by atoms with van der Waals surface area (Å²) in [6, 6.07) is 7.70. The number of hydrogen-bond acceptors (Lipinski definition) is 4. The Morgan fingerprint density at radius 1 is 1.36 bits per heavy atom. The summed E-state index contributed by atoms with van der Waals surface area (Å²) in [5.74, 6) is -0.782. The van der Waals surface area contributed by atoms with E-state index in [2.05, 4.69) is 0 Å². The van der Waals surface area contributed by atoms with Crippen molar-refractivity contribution in [3.63, 3.8) is 0 Å². The van der Waals surface area contributed by atoms with Crippen LogP contribution in [-0.2, 0) is 14.3 Å². The van der Waals surface area contributed by atoms with E-state index in [1.165, 1.54) is 7.11 Å². The summed E-state index contributed by atoms with van der Waals surface area (Å²) in [4.78, 5) is 25.5. The van der Waals surface area contributed by atoms with E-state index in [1.54, 1.807) is 10.8 Å². The van der Waals surface area contributed by atoms with Crippen LogP contribution in [0.3, 0.4) is 0 Å². The first-order valence-electron chi connectivity index (χ1n) is 7.44. The molecule has 114 valence electrons. The molecule has 1 saturated heterocycles. The maximum absolute atomic E-state index is 13.2. The van der Waals surface area contributed by atoms with E-state index in [9.17, 15) is 9.59 Å². The fraction of sp³-hybridized carbons (Fsp3) is 0.412. The predicted molar refractivity (Wildman–Crippen MR) is 79.6 cm³/mol. The number of fused-ring (bicyclic) bond motifs is 2. The minimum Gasteiger partial charge on any atom is -0.468 e. The number of carbonyl (C=O) groups excluding carboxylic acids is 2. The Morgan fingerprint density at radius 3 is 2.82 bits per heavy atom. The summed E-state index contributed by atoms with van der Waals surface area (Å²) in [6.07, 6.45) is 2.18. The molecular weight excluding hydrogens is 282 g/mol. The molecule has 5 nitrogen and oxygen atoms in total. The fourth-order valence-electron chi connectivity index (χ4n) is 3.89. The lowest BCUT2D eigenvalue weighted by atomic mass is 10.00. The molecule has 1 aromatic carbocycles. The Morgan fingerprint density at radius 2 is 2.14 bits per heavy atom. The third-order valence-electron chi connectivity index (χ3n) is 5.02. The van der Waals surface area contributed by atoms with Gasteiger partial charge < -0.3 is 9.47 Å². The largest absolute Gasteiger partial charge is 0.468 e. The highest BCUT2D eigenvalue weighted by atomic mass is 16.5. The monoisotopic (exact) mass is 299 g/mol. The first-order valence-corrected chi connectivity index (χ1v) is 7.44. The molecule has 3 atom stereocenters. The highest BCUT2D eigenvalue weighted by Crippen LogP contribution is 2.61. The van der Waals surface area contributed by atoms with Crippen LogP contribution in [-0.4, -0.2) is 36.3 Å².